The Labute approximate surface area is 112 Å². The molecule has 3 rings (SSSR count). The van der Waals surface area contributed by atoms with Gasteiger partial charge in [-0.2, -0.15) is 0 Å². The van der Waals surface area contributed by atoms with Gasteiger partial charge < -0.3 is 10.3 Å². The summed E-state index contributed by atoms with van der Waals surface area (Å²) < 4.78 is 0.921. The van der Waals surface area contributed by atoms with Crippen LogP contribution in [0.3, 0.4) is 0 Å². The highest BCUT2D eigenvalue weighted by Crippen LogP contribution is 2.22. The van der Waals surface area contributed by atoms with Crippen LogP contribution in [0, 0.1) is 0 Å². The van der Waals surface area contributed by atoms with Crippen molar-refractivity contribution in [2.75, 3.05) is 12.4 Å². The molecule has 90 valence electrons. The van der Waals surface area contributed by atoms with Crippen molar-refractivity contribution in [2.45, 2.75) is 0 Å². The Balaban J connectivity index is 2.13. The Morgan fingerprint density at radius 2 is 2.11 bits per heavy atom. The molecule has 0 aliphatic carbocycles. The van der Waals surface area contributed by atoms with Gasteiger partial charge in [0, 0.05) is 29.5 Å². The maximum absolute atomic E-state index is 4.47. The van der Waals surface area contributed by atoms with Crippen LogP contribution in [0.5, 0.6) is 0 Å². The number of imidazole rings is 1. The predicted octanol–water partition coefficient (Wildman–Crippen LogP) is 2.82. The number of nitrogens with one attached hydrogen (secondary N) is 2. The lowest BCUT2D eigenvalue weighted by atomic mass is 10.3. The standard InChI is InChI=1S/C12H10BrN5/c1-14-10-3-2-9-12(17-10)18-11(16-9)7-4-8(13)6-15-5-7/h2-6H,1H3,(H2,14,16,17,18). The van der Waals surface area contributed by atoms with Crippen LogP contribution in [0.1, 0.15) is 0 Å². The maximum atomic E-state index is 4.47. The van der Waals surface area contributed by atoms with Crippen molar-refractivity contribution in [3.8, 4) is 11.4 Å². The number of hydrogen-bond donors (Lipinski definition) is 2. The number of halogens is 1. The summed E-state index contributed by atoms with van der Waals surface area (Å²) in [7, 11) is 1.83. The molecule has 3 aromatic rings. The molecule has 0 saturated heterocycles. The average Bonchev–Trinajstić information content (AvgIpc) is 2.81. The summed E-state index contributed by atoms with van der Waals surface area (Å²) in [6.45, 7) is 0. The Kier molecular flexibility index (Phi) is 2.71. The van der Waals surface area contributed by atoms with Crippen LogP contribution in [-0.4, -0.2) is 27.0 Å². The van der Waals surface area contributed by atoms with Gasteiger partial charge in [0.05, 0.1) is 5.52 Å². The van der Waals surface area contributed by atoms with E-state index in [0.29, 0.717) is 5.65 Å². The summed E-state index contributed by atoms with van der Waals surface area (Å²) in [5, 5.41) is 2.99. The van der Waals surface area contributed by atoms with Gasteiger partial charge in [-0.3, -0.25) is 4.98 Å². The van der Waals surface area contributed by atoms with E-state index in [4.69, 9.17) is 0 Å². The molecule has 0 saturated carbocycles. The van der Waals surface area contributed by atoms with Gasteiger partial charge in [0.2, 0.25) is 0 Å². The predicted molar refractivity (Wildman–Crippen MR) is 74.4 cm³/mol. The SMILES string of the molecule is CNc1ccc2[nH]c(-c3cncc(Br)c3)nc2n1. The minimum Gasteiger partial charge on any atom is -0.373 e. The van der Waals surface area contributed by atoms with E-state index in [1.165, 1.54) is 0 Å². The molecule has 0 fully saturated rings. The molecule has 18 heavy (non-hydrogen) atoms. The van der Waals surface area contributed by atoms with Crippen molar-refractivity contribution in [1.82, 2.24) is 19.9 Å². The van der Waals surface area contributed by atoms with E-state index in [0.717, 1.165) is 27.2 Å². The molecule has 6 heteroatoms. The smallest absolute Gasteiger partial charge is 0.180 e. The Morgan fingerprint density at radius 1 is 1.22 bits per heavy atom. The summed E-state index contributed by atoms with van der Waals surface area (Å²) in [4.78, 5) is 16.2. The largest absolute Gasteiger partial charge is 0.373 e. The van der Waals surface area contributed by atoms with Gasteiger partial charge in [-0.1, -0.05) is 0 Å². The first-order chi connectivity index (χ1) is 8.76. The van der Waals surface area contributed by atoms with Crippen molar-refractivity contribution < 1.29 is 0 Å². The van der Waals surface area contributed by atoms with Gasteiger partial charge in [-0.05, 0) is 34.1 Å². The maximum Gasteiger partial charge on any atom is 0.180 e. The normalized spacial score (nSPS) is 10.8. The molecular weight excluding hydrogens is 294 g/mol. The van der Waals surface area contributed by atoms with E-state index in [2.05, 4.69) is 41.2 Å². The summed E-state index contributed by atoms with van der Waals surface area (Å²) in [5.41, 5.74) is 2.52. The molecule has 0 radical (unpaired) electrons. The van der Waals surface area contributed by atoms with Crippen molar-refractivity contribution in [3.05, 3.63) is 35.1 Å². The summed E-state index contributed by atoms with van der Waals surface area (Å²) in [6.07, 6.45) is 3.50. The molecule has 0 spiro atoms. The molecule has 5 nitrogen and oxygen atoms in total. The van der Waals surface area contributed by atoms with Gasteiger partial charge in [0.15, 0.2) is 5.65 Å². The lowest BCUT2D eigenvalue weighted by molar-refractivity contribution is 1.25. The molecule has 2 N–H and O–H groups in total. The minimum absolute atomic E-state index is 0.692. The van der Waals surface area contributed by atoms with Crippen LogP contribution >= 0.6 is 15.9 Å². The molecular formula is C12H10BrN5. The van der Waals surface area contributed by atoms with Crippen LogP contribution in [0.2, 0.25) is 0 Å². The van der Waals surface area contributed by atoms with Crippen molar-refractivity contribution in [3.63, 3.8) is 0 Å². The highest BCUT2D eigenvalue weighted by Gasteiger charge is 2.07. The van der Waals surface area contributed by atoms with Crippen LogP contribution in [0.25, 0.3) is 22.6 Å². The van der Waals surface area contributed by atoms with Gasteiger partial charge >= 0.3 is 0 Å². The van der Waals surface area contributed by atoms with Crippen molar-refractivity contribution >= 4 is 32.9 Å². The number of hydrogen-bond acceptors (Lipinski definition) is 4. The number of rotatable bonds is 2. The van der Waals surface area contributed by atoms with Crippen molar-refractivity contribution in [2.24, 2.45) is 0 Å². The third kappa shape index (κ3) is 1.95. The van der Waals surface area contributed by atoms with Crippen LogP contribution < -0.4 is 5.32 Å². The molecule has 0 aromatic carbocycles. The second kappa shape index (κ2) is 4.38. The second-order valence-electron chi connectivity index (χ2n) is 3.79. The molecule has 0 aliphatic rings. The molecule has 3 aromatic heterocycles. The first-order valence-electron chi connectivity index (χ1n) is 5.42. The van der Waals surface area contributed by atoms with E-state index in [9.17, 15) is 0 Å². The third-order valence-corrected chi connectivity index (χ3v) is 3.01. The quantitative estimate of drug-likeness (QED) is 0.764. The fraction of sp³-hybridized carbons (Fsp3) is 0.0833. The fourth-order valence-electron chi connectivity index (χ4n) is 1.71. The topological polar surface area (TPSA) is 66.5 Å². The van der Waals surface area contributed by atoms with Crippen LogP contribution in [0.4, 0.5) is 5.82 Å². The Bertz CT molecular complexity index is 707. The molecule has 3 heterocycles. The first-order valence-corrected chi connectivity index (χ1v) is 6.21. The monoisotopic (exact) mass is 303 g/mol. The average molecular weight is 304 g/mol. The van der Waals surface area contributed by atoms with Crippen molar-refractivity contribution in [1.29, 1.82) is 0 Å². The summed E-state index contributed by atoms with van der Waals surface area (Å²) >= 11 is 3.40. The highest BCUT2D eigenvalue weighted by atomic mass is 79.9. The van der Waals surface area contributed by atoms with Gasteiger partial charge in [0.1, 0.15) is 11.6 Å². The van der Waals surface area contributed by atoms with Gasteiger partial charge in [-0.15, -0.1) is 0 Å². The van der Waals surface area contributed by atoms with E-state index in [1.807, 2.05) is 25.2 Å². The summed E-state index contributed by atoms with van der Waals surface area (Å²) in [5.74, 6) is 1.56. The zero-order valence-electron chi connectivity index (χ0n) is 9.61. The van der Waals surface area contributed by atoms with Crippen LogP contribution in [-0.2, 0) is 0 Å². The second-order valence-corrected chi connectivity index (χ2v) is 4.71. The zero-order chi connectivity index (χ0) is 12.5. The summed E-state index contributed by atoms with van der Waals surface area (Å²) in [6, 6.07) is 5.82. The zero-order valence-corrected chi connectivity index (χ0v) is 11.2. The van der Waals surface area contributed by atoms with E-state index >= 15 is 0 Å². The Morgan fingerprint density at radius 3 is 2.89 bits per heavy atom. The number of H-pyrrole nitrogens is 1. The van der Waals surface area contributed by atoms with Crippen LogP contribution in [0.15, 0.2) is 35.1 Å². The highest BCUT2D eigenvalue weighted by molar-refractivity contribution is 9.10. The molecule has 0 bridgehead atoms. The molecule has 0 amide bonds. The van der Waals surface area contributed by atoms with E-state index in [1.54, 1.807) is 12.4 Å². The number of fused-ring (bicyclic) bond motifs is 1. The van der Waals surface area contributed by atoms with E-state index < -0.39 is 0 Å². The molecule has 0 unspecified atom stereocenters. The number of anilines is 1. The van der Waals surface area contributed by atoms with Gasteiger partial charge in [-0.25, -0.2) is 9.97 Å². The van der Waals surface area contributed by atoms with Gasteiger partial charge in [0.25, 0.3) is 0 Å². The Hall–Kier alpha value is -1.95. The lowest BCUT2D eigenvalue weighted by Gasteiger charge is -1.95. The lowest BCUT2D eigenvalue weighted by Crippen LogP contribution is -1.91. The third-order valence-electron chi connectivity index (χ3n) is 2.58. The number of nitrogens with zero attached hydrogens (tertiary/aromatic N) is 3. The first kappa shape index (κ1) is 11.2. The number of aromatic amines is 1. The molecule has 0 aliphatic heterocycles. The number of aromatic nitrogens is 4. The van der Waals surface area contributed by atoms with E-state index in [-0.39, 0.29) is 0 Å². The fourth-order valence-corrected chi connectivity index (χ4v) is 2.07. The minimum atomic E-state index is 0.692. The number of pyridine rings is 2. The molecule has 0 atom stereocenters.